The molecule has 1 aliphatic carbocycles. The van der Waals surface area contributed by atoms with Crippen molar-refractivity contribution in [1.82, 2.24) is 0 Å². The van der Waals surface area contributed by atoms with Crippen molar-refractivity contribution in [2.45, 2.75) is 26.2 Å². The fourth-order valence-corrected chi connectivity index (χ4v) is 2.13. The van der Waals surface area contributed by atoms with Gasteiger partial charge in [0.2, 0.25) is 0 Å². The Bertz CT molecular complexity index is 433. The molecule has 0 radical (unpaired) electrons. The van der Waals surface area contributed by atoms with Crippen LogP contribution in [0.25, 0.3) is 0 Å². The summed E-state index contributed by atoms with van der Waals surface area (Å²) in [5.74, 6) is 1.76. The summed E-state index contributed by atoms with van der Waals surface area (Å²) in [6, 6.07) is 3.67. The molecule has 92 valence electrons. The quantitative estimate of drug-likeness (QED) is 0.751. The number of ketones is 1. The van der Waals surface area contributed by atoms with Crippen molar-refractivity contribution < 1.29 is 14.3 Å². The lowest BCUT2D eigenvalue weighted by atomic mass is 9.79. The number of Topliss-reactive ketones (excluding diaryl/α,β-unsaturated/α-hetero) is 1. The average Bonchev–Trinajstić information content (AvgIpc) is 2.26. The van der Waals surface area contributed by atoms with Gasteiger partial charge in [-0.15, -0.1) is 0 Å². The molecule has 0 amide bonds. The lowest BCUT2D eigenvalue weighted by Crippen LogP contribution is -2.22. The Morgan fingerprint density at radius 2 is 1.82 bits per heavy atom. The average molecular weight is 234 g/mol. The van der Waals surface area contributed by atoms with Gasteiger partial charge < -0.3 is 9.47 Å². The molecule has 1 aromatic rings. The van der Waals surface area contributed by atoms with Crippen LogP contribution in [0.15, 0.2) is 12.1 Å². The van der Waals surface area contributed by atoms with E-state index in [0.717, 1.165) is 30.6 Å². The molecule has 0 aromatic heterocycles. The number of benzene rings is 1. The van der Waals surface area contributed by atoms with Crippen LogP contribution in [-0.2, 0) is 0 Å². The van der Waals surface area contributed by atoms with E-state index in [4.69, 9.17) is 9.47 Å². The van der Waals surface area contributed by atoms with Gasteiger partial charge in [-0.1, -0.05) is 6.42 Å². The van der Waals surface area contributed by atoms with E-state index in [1.165, 1.54) is 0 Å². The largest absolute Gasteiger partial charge is 0.496 e. The first-order valence-corrected chi connectivity index (χ1v) is 5.94. The smallest absolute Gasteiger partial charge is 0.169 e. The van der Waals surface area contributed by atoms with Crippen LogP contribution in [0.2, 0.25) is 0 Å². The van der Waals surface area contributed by atoms with E-state index in [1.807, 2.05) is 13.0 Å². The maximum atomic E-state index is 12.3. The van der Waals surface area contributed by atoms with Crippen LogP contribution in [0.3, 0.4) is 0 Å². The Hall–Kier alpha value is -1.51. The second-order valence-corrected chi connectivity index (χ2v) is 4.51. The third-order valence-electron chi connectivity index (χ3n) is 3.46. The van der Waals surface area contributed by atoms with Crippen molar-refractivity contribution in [3.8, 4) is 11.5 Å². The predicted octanol–water partition coefficient (Wildman–Crippen LogP) is 3.00. The zero-order valence-electron chi connectivity index (χ0n) is 10.6. The Kier molecular flexibility index (Phi) is 3.36. The van der Waals surface area contributed by atoms with Gasteiger partial charge >= 0.3 is 0 Å². The van der Waals surface area contributed by atoms with Crippen molar-refractivity contribution in [2.24, 2.45) is 5.92 Å². The van der Waals surface area contributed by atoms with Gasteiger partial charge in [0.25, 0.3) is 0 Å². The molecule has 0 saturated heterocycles. The highest BCUT2D eigenvalue weighted by atomic mass is 16.5. The third kappa shape index (κ3) is 2.14. The van der Waals surface area contributed by atoms with E-state index < -0.39 is 0 Å². The Morgan fingerprint density at radius 3 is 2.29 bits per heavy atom. The first-order chi connectivity index (χ1) is 8.17. The maximum Gasteiger partial charge on any atom is 0.169 e. The number of ether oxygens (including phenoxy) is 2. The van der Waals surface area contributed by atoms with Gasteiger partial charge in [0.15, 0.2) is 5.78 Å². The summed E-state index contributed by atoms with van der Waals surface area (Å²) in [6.07, 6.45) is 3.15. The van der Waals surface area contributed by atoms with Crippen molar-refractivity contribution >= 4 is 5.78 Å². The molecule has 2 rings (SSSR count). The lowest BCUT2D eigenvalue weighted by molar-refractivity contribution is 0.0851. The molecule has 1 saturated carbocycles. The summed E-state index contributed by atoms with van der Waals surface area (Å²) >= 11 is 0. The molecule has 0 N–H and O–H groups in total. The van der Waals surface area contributed by atoms with Gasteiger partial charge in [-0.05, 0) is 37.5 Å². The summed E-state index contributed by atoms with van der Waals surface area (Å²) in [6.45, 7) is 1.94. The second-order valence-electron chi connectivity index (χ2n) is 4.51. The fourth-order valence-electron chi connectivity index (χ4n) is 2.13. The Morgan fingerprint density at radius 1 is 1.18 bits per heavy atom. The minimum atomic E-state index is 0.177. The molecule has 1 aromatic carbocycles. The topological polar surface area (TPSA) is 35.5 Å². The summed E-state index contributed by atoms with van der Waals surface area (Å²) in [7, 11) is 3.21. The first kappa shape index (κ1) is 12.0. The van der Waals surface area contributed by atoms with Crippen molar-refractivity contribution in [1.29, 1.82) is 0 Å². The SMILES string of the molecule is COc1cc(C(=O)C2CCC2)c(OC)cc1C. The molecule has 0 atom stereocenters. The number of hydrogen-bond donors (Lipinski definition) is 0. The van der Waals surface area contributed by atoms with Gasteiger partial charge in [-0.3, -0.25) is 4.79 Å². The number of rotatable bonds is 4. The van der Waals surface area contributed by atoms with Crippen molar-refractivity contribution in [2.75, 3.05) is 14.2 Å². The van der Waals surface area contributed by atoms with Crippen LogP contribution in [0, 0.1) is 12.8 Å². The number of methoxy groups -OCH3 is 2. The lowest BCUT2D eigenvalue weighted by Gasteiger charge is -2.25. The van der Waals surface area contributed by atoms with Gasteiger partial charge in [0.1, 0.15) is 11.5 Å². The number of aryl methyl sites for hydroxylation is 1. The van der Waals surface area contributed by atoms with E-state index in [-0.39, 0.29) is 11.7 Å². The molecule has 1 aliphatic rings. The van der Waals surface area contributed by atoms with Gasteiger partial charge in [-0.2, -0.15) is 0 Å². The highest BCUT2D eigenvalue weighted by molar-refractivity contribution is 6.01. The molecule has 0 spiro atoms. The summed E-state index contributed by atoms with van der Waals surface area (Å²) < 4.78 is 10.5. The number of carbonyl (C=O) groups excluding carboxylic acids is 1. The maximum absolute atomic E-state index is 12.3. The number of hydrogen-bond acceptors (Lipinski definition) is 3. The monoisotopic (exact) mass is 234 g/mol. The minimum absolute atomic E-state index is 0.177. The van der Waals surface area contributed by atoms with Crippen LogP contribution in [0.5, 0.6) is 11.5 Å². The van der Waals surface area contributed by atoms with Crippen LogP contribution >= 0.6 is 0 Å². The predicted molar refractivity (Wildman–Crippen MR) is 66.0 cm³/mol. The standard InChI is InChI=1S/C14H18O3/c1-9-7-13(17-3)11(8-12(9)16-2)14(15)10-5-4-6-10/h7-8,10H,4-6H2,1-3H3. The van der Waals surface area contributed by atoms with E-state index in [9.17, 15) is 4.79 Å². The molecular formula is C14H18O3. The fraction of sp³-hybridized carbons (Fsp3) is 0.500. The van der Waals surface area contributed by atoms with Crippen LogP contribution < -0.4 is 9.47 Å². The van der Waals surface area contributed by atoms with Gasteiger partial charge in [0.05, 0.1) is 19.8 Å². The van der Waals surface area contributed by atoms with Crippen LogP contribution in [-0.4, -0.2) is 20.0 Å². The summed E-state index contributed by atoms with van der Waals surface area (Å²) in [5, 5.41) is 0. The van der Waals surface area contributed by atoms with E-state index in [2.05, 4.69) is 0 Å². The normalized spacial score (nSPS) is 15.2. The first-order valence-electron chi connectivity index (χ1n) is 5.94. The highest BCUT2D eigenvalue weighted by Crippen LogP contribution is 2.35. The zero-order chi connectivity index (χ0) is 12.4. The Balaban J connectivity index is 2.39. The second kappa shape index (κ2) is 4.78. The summed E-state index contributed by atoms with van der Waals surface area (Å²) in [5.41, 5.74) is 1.63. The van der Waals surface area contributed by atoms with Crippen molar-refractivity contribution in [3.05, 3.63) is 23.3 Å². The molecule has 0 heterocycles. The number of carbonyl (C=O) groups is 1. The highest BCUT2D eigenvalue weighted by Gasteiger charge is 2.28. The van der Waals surface area contributed by atoms with Crippen LogP contribution in [0.4, 0.5) is 0 Å². The van der Waals surface area contributed by atoms with Gasteiger partial charge in [0, 0.05) is 5.92 Å². The zero-order valence-corrected chi connectivity index (χ0v) is 10.6. The van der Waals surface area contributed by atoms with Crippen LogP contribution in [0.1, 0.15) is 35.2 Å². The molecule has 3 heteroatoms. The molecule has 0 aliphatic heterocycles. The third-order valence-corrected chi connectivity index (χ3v) is 3.46. The summed E-state index contributed by atoms with van der Waals surface area (Å²) in [4.78, 5) is 12.3. The minimum Gasteiger partial charge on any atom is -0.496 e. The van der Waals surface area contributed by atoms with E-state index in [1.54, 1.807) is 20.3 Å². The molecule has 3 nitrogen and oxygen atoms in total. The molecule has 17 heavy (non-hydrogen) atoms. The van der Waals surface area contributed by atoms with E-state index >= 15 is 0 Å². The Labute approximate surface area is 102 Å². The molecular weight excluding hydrogens is 216 g/mol. The van der Waals surface area contributed by atoms with E-state index in [0.29, 0.717) is 11.3 Å². The molecule has 0 unspecified atom stereocenters. The van der Waals surface area contributed by atoms with Gasteiger partial charge in [-0.25, -0.2) is 0 Å². The molecule has 1 fully saturated rings. The molecule has 0 bridgehead atoms. The van der Waals surface area contributed by atoms with Crippen molar-refractivity contribution in [3.63, 3.8) is 0 Å².